The molecule has 0 fully saturated rings. The zero-order valence-corrected chi connectivity index (χ0v) is 29.3. The van der Waals surface area contributed by atoms with Gasteiger partial charge in [-0.2, -0.15) is 0 Å². The molecule has 0 amide bonds. The second kappa shape index (κ2) is 12.8. The number of aliphatic imine (C=N–C) groups is 2. The van der Waals surface area contributed by atoms with E-state index < -0.39 is 0 Å². The fraction of sp³-hybridized carbons (Fsp3) is 0.0870. The number of aromatic nitrogens is 1. The third-order valence-electron chi connectivity index (χ3n) is 10.4. The molecular weight excluding hydrogens is 651 g/mol. The molecule has 0 saturated heterocycles. The van der Waals surface area contributed by atoms with Crippen molar-refractivity contribution >= 4 is 51.5 Å². The summed E-state index contributed by atoms with van der Waals surface area (Å²) >= 11 is 0. The number of amidine groups is 1. The van der Waals surface area contributed by atoms with Crippen LogP contribution in [0.5, 0.6) is 0 Å². The Labute approximate surface area is 308 Å². The molecule has 0 aliphatic carbocycles. The van der Waals surface area contributed by atoms with Crippen LogP contribution >= 0.6 is 0 Å². The third-order valence-corrected chi connectivity index (χ3v) is 10.4. The predicted molar refractivity (Wildman–Crippen MR) is 217 cm³/mol. The van der Waals surface area contributed by atoms with Gasteiger partial charge >= 0.3 is 0 Å². The molecule has 2 atom stereocenters. The Morgan fingerprint density at radius 3 is 2.17 bits per heavy atom. The van der Waals surface area contributed by atoms with Crippen LogP contribution in [0.25, 0.3) is 28.0 Å². The maximum absolute atomic E-state index is 5.28. The van der Waals surface area contributed by atoms with Gasteiger partial charge in [-0.1, -0.05) is 127 Å². The van der Waals surface area contributed by atoms with Gasteiger partial charge in [0.15, 0.2) is 0 Å². The molecule has 2 N–H and O–H groups in total. The first-order valence-electron chi connectivity index (χ1n) is 18.1. The Kier molecular flexibility index (Phi) is 7.51. The first-order chi connectivity index (χ1) is 26.2. The quantitative estimate of drug-likeness (QED) is 0.189. The van der Waals surface area contributed by atoms with Gasteiger partial charge in [-0.25, -0.2) is 4.99 Å². The minimum atomic E-state index is -0.297. The average Bonchev–Trinajstić information content (AvgIpc) is 3.50. The Balaban J connectivity index is 1.21. The topological polar surface area (TPSA) is 60.2 Å². The SMILES string of the molecule is CN1CC=NC2=C1c1ccccc1N(c1ccccc1)c1c2c2ccccc2n1-c1cccc(C2N=C(c3ccccc3)NC(c3ccccc3)N2)c1. The van der Waals surface area contributed by atoms with Crippen LogP contribution < -0.4 is 15.5 Å². The first kappa shape index (κ1) is 31.1. The Morgan fingerprint density at radius 1 is 0.660 bits per heavy atom. The first-order valence-corrected chi connectivity index (χ1v) is 18.1. The van der Waals surface area contributed by atoms with E-state index in [1.165, 1.54) is 0 Å². The van der Waals surface area contributed by atoms with E-state index in [-0.39, 0.29) is 12.3 Å². The number of fused-ring (bicyclic) bond motifs is 6. The zero-order chi connectivity index (χ0) is 35.3. The van der Waals surface area contributed by atoms with Crippen LogP contribution in [-0.4, -0.2) is 35.1 Å². The van der Waals surface area contributed by atoms with Gasteiger partial charge in [0.25, 0.3) is 0 Å². The number of hydrogen-bond acceptors (Lipinski definition) is 6. The van der Waals surface area contributed by atoms with Crippen LogP contribution in [0.15, 0.2) is 174 Å². The highest BCUT2D eigenvalue weighted by Crippen LogP contribution is 2.53. The second-order valence-corrected chi connectivity index (χ2v) is 13.6. The van der Waals surface area contributed by atoms with Crippen LogP contribution in [0.3, 0.4) is 0 Å². The minimum absolute atomic E-state index is 0.127. The van der Waals surface area contributed by atoms with Crippen molar-refractivity contribution in [2.75, 3.05) is 18.5 Å². The molecule has 256 valence electrons. The van der Waals surface area contributed by atoms with E-state index in [9.17, 15) is 0 Å². The number of rotatable bonds is 5. The molecule has 0 spiro atoms. The van der Waals surface area contributed by atoms with Crippen molar-refractivity contribution in [1.29, 1.82) is 0 Å². The molecule has 0 bridgehead atoms. The molecule has 7 aromatic rings. The van der Waals surface area contributed by atoms with Crippen LogP contribution in [0.4, 0.5) is 17.2 Å². The van der Waals surface area contributed by atoms with Gasteiger partial charge in [0.2, 0.25) is 0 Å². The smallest absolute Gasteiger partial charge is 0.133 e. The van der Waals surface area contributed by atoms with Gasteiger partial charge in [0, 0.05) is 41.2 Å². The maximum atomic E-state index is 5.28. The summed E-state index contributed by atoms with van der Waals surface area (Å²) in [6, 6.07) is 57.8. The number of benzene rings is 6. The van der Waals surface area contributed by atoms with Gasteiger partial charge < -0.3 is 10.2 Å². The van der Waals surface area contributed by atoms with E-state index >= 15 is 0 Å². The highest BCUT2D eigenvalue weighted by Gasteiger charge is 2.36. The summed E-state index contributed by atoms with van der Waals surface area (Å²) in [6.07, 6.45) is 1.61. The van der Waals surface area contributed by atoms with E-state index in [1.54, 1.807) is 0 Å². The Hall–Kier alpha value is -6.70. The summed E-state index contributed by atoms with van der Waals surface area (Å²) in [5, 5.41) is 8.62. The van der Waals surface area contributed by atoms with Gasteiger partial charge in [-0.3, -0.25) is 19.8 Å². The Morgan fingerprint density at radius 2 is 1.34 bits per heavy atom. The number of nitrogens with zero attached hydrogens (tertiary/aromatic N) is 5. The summed E-state index contributed by atoms with van der Waals surface area (Å²) in [4.78, 5) is 15.2. The van der Waals surface area contributed by atoms with Gasteiger partial charge in [-0.05, 0) is 47.5 Å². The van der Waals surface area contributed by atoms with Crippen molar-refractivity contribution in [3.05, 3.63) is 192 Å². The van der Waals surface area contributed by atoms with Crippen LogP contribution in [-0.2, 0) is 0 Å². The summed E-state index contributed by atoms with van der Waals surface area (Å²) in [7, 11) is 2.16. The lowest BCUT2D eigenvalue weighted by Crippen LogP contribution is -2.44. The molecule has 4 heterocycles. The van der Waals surface area contributed by atoms with E-state index in [4.69, 9.17) is 9.98 Å². The lowest BCUT2D eigenvalue weighted by molar-refractivity contribution is 0.409. The van der Waals surface area contributed by atoms with Crippen LogP contribution in [0.2, 0.25) is 0 Å². The molecule has 2 unspecified atom stereocenters. The van der Waals surface area contributed by atoms with Crippen molar-refractivity contribution in [2.24, 2.45) is 9.98 Å². The van der Waals surface area contributed by atoms with Crippen LogP contribution in [0.1, 0.15) is 40.1 Å². The highest BCUT2D eigenvalue weighted by molar-refractivity contribution is 6.13. The number of anilines is 3. The van der Waals surface area contributed by atoms with E-state index in [0.29, 0.717) is 0 Å². The summed E-state index contributed by atoms with van der Waals surface area (Å²) in [5.41, 5.74) is 12.0. The number of hydrogen-bond donors (Lipinski definition) is 2. The van der Waals surface area contributed by atoms with Gasteiger partial charge in [0.1, 0.15) is 24.0 Å². The zero-order valence-electron chi connectivity index (χ0n) is 29.3. The monoisotopic (exact) mass is 687 g/mol. The van der Waals surface area contributed by atoms with Crippen LogP contribution in [0, 0.1) is 0 Å². The molecule has 1 aromatic heterocycles. The maximum Gasteiger partial charge on any atom is 0.133 e. The minimum Gasteiger partial charge on any atom is -0.367 e. The molecular formula is C46H37N7. The second-order valence-electron chi connectivity index (χ2n) is 13.6. The molecule has 7 heteroatoms. The van der Waals surface area contributed by atoms with Crippen molar-refractivity contribution in [3.8, 4) is 5.69 Å². The predicted octanol–water partition coefficient (Wildman–Crippen LogP) is 9.59. The lowest BCUT2D eigenvalue weighted by atomic mass is 10.0. The molecule has 3 aliphatic rings. The fourth-order valence-electron chi connectivity index (χ4n) is 7.98. The molecule has 3 aliphatic heterocycles. The van der Waals surface area contributed by atoms with E-state index in [2.05, 4.69) is 190 Å². The molecule has 0 saturated carbocycles. The number of para-hydroxylation sites is 3. The lowest BCUT2D eigenvalue weighted by Gasteiger charge is -2.32. The van der Waals surface area contributed by atoms with Crippen molar-refractivity contribution < 1.29 is 0 Å². The molecule has 6 aromatic carbocycles. The van der Waals surface area contributed by atoms with Crippen molar-refractivity contribution in [2.45, 2.75) is 12.3 Å². The highest BCUT2D eigenvalue weighted by atomic mass is 15.3. The average molecular weight is 688 g/mol. The number of nitrogens with one attached hydrogen (secondary N) is 2. The Bertz CT molecular complexity index is 2570. The standard InChI is InChI=1S/C46H37N7/c1-51-29-28-47-41-40-36-24-11-13-26-38(36)53(46(40)52(34-21-9-4-10-22-34)39-27-14-12-25-37(39)42(41)51)35-23-15-20-33(30-35)45-49-43(31-16-5-2-6-17-31)48-44(50-45)32-18-7-3-8-19-32/h2-28,30,43,45,49H,29H2,1H3,(H,48,50). The van der Waals surface area contributed by atoms with Gasteiger partial charge in [0.05, 0.1) is 34.7 Å². The third kappa shape index (κ3) is 5.24. The van der Waals surface area contributed by atoms with Crippen molar-refractivity contribution in [1.82, 2.24) is 20.1 Å². The molecule has 10 rings (SSSR count). The summed E-state index contributed by atoms with van der Waals surface area (Å²) in [6.45, 7) is 0.743. The molecule has 7 nitrogen and oxygen atoms in total. The van der Waals surface area contributed by atoms with E-state index in [0.717, 1.165) is 85.4 Å². The summed E-state index contributed by atoms with van der Waals surface area (Å²) < 4.78 is 2.41. The van der Waals surface area contributed by atoms with Gasteiger partial charge in [-0.15, -0.1) is 0 Å². The van der Waals surface area contributed by atoms with Crippen molar-refractivity contribution in [3.63, 3.8) is 0 Å². The largest absolute Gasteiger partial charge is 0.367 e. The molecule has 53 heavy (non-hydrogen) atoms. The fourth-order valence-corrected chi connectivity index (χ4v) is 7.98. The normalized spacial score (nSPS) is 17.8. The summed E-state index contributed by atoms with van der Waals surface area (Å²) in [5.74, 6) is 1.91. The molecule has 0 radical (unpaired) electrons. The van der Waals surface area contributed by atoms with E-state index in [1.807, 2.05) is 12.3 Å².